The summed E-state index contributed by atoms with van der Waals surface area (Å²) in [6.07, 6.45) is 6.68. The summed E-state index contributed by atoms with van der Waals surface area (Å²) in [4.78, 5) is 0. The van der Waals surface area contributed by atoms with E-state index in [1.807, 2.05) is 6.08 Å². The Morgan fingerprint density at radius 3 is 2.60 bits per heavy atom. The zero-order valence-electron chi connectivity index (χ0n) is 6.21. The normalized spacial score (nSPS) is 32.7. The molecule has 2 atom stereocenters. The second-order valence-electron chi connectivity index (χ2n) is 2.92. The lowest BCUT2D eigenvalue weighted by Crippen LogP contribution is -2.15. The molecular formula is C9H13N. The molecule has 10 heavy (non-hydrogen) atoms. The van der Waals surface area contributed by atoms with Crippen molar-refractivity contribution >= 4 is 0 Å². The van der Waals surface area contributed by atoms with Crippen molar-refractivity contribution in [3.63, 3.8) is 0 Å². The third kappa shape index (κ3) is 1.39. The first-order chi connectivity index (χ1) is 4.88. The van der Waals surface area contributed by atoms with Gasteiger partial charge in [0, 0.05) is 0 Å². The average Bonchev–Trinajstić information content (AvgIpc) is 2.04. The van der Waals surface area contributed by atoms with E-state index >= 15 is 0 Å². The maximum atomic E-state index is 8.69. The van der Waals surface area contributed by atoms with Crippen LogP contribution in [0, 0.1) is 23.2 Å². The first-order valence-electron chi connectivity index (χ1n) is 3.90. The Hall–Kier alpha value is -0.770. The van der Waals surface area contributed by atoms with Gasteiger partial charge >= 0.3 is 0 Å². The molecule has 0 saturated heterocycles. The molecular weight excluding hydrogens is 122 g/mol. The van der Waals surface area contributed by atoms with Crippen molar-refractivity contribution in [1.29, 1.82) is 5.26 Å². The molecule has 1 nitrogen and oxygen atoms in total. The highest BCUT2D eigenvalue weighted by atomic mass is 14.3. The van der Waals surface area contributed by atoms with Gasteiger partial charge in [0.25, 0.3) is 0 Å². The molecule has 0 amide bonds. The quantitative estimate of drug-likeness (QED) is 0.507. The second-order valence-corrected chi connectivity index (χ2v) is 2.92. The minimum absolute atomic E-state index is 0.256. The molecule has 0 heterocycles. The Balaban J connectivity index is 2.51. The van der Waals surface area contributed by atoms with Crippen LogP contribution in [0.1, 0.15) is 25.7 Å². The molecule has 1 fully saturated rings. The highest BCUT2D eigenvalue weighted by Gasteiger charge is 2.21. The number of nitriles is 1. The second kappa shape index (κ2) is 3.41. The Morgan fingerprint density at radius 1 is 1.40 bits per heavy atom. The van der Waals surface area contributed by atoms with E-state index in [1.165, 1.54) is 19.3 Å². The van der Waals surface area contributed by atoms with Crippen LogP contribution in [0.5, 0.6) is 0 Å². The molecule has 0 N–H and O–H groups in total. The van der Waals surface area contributed by atoms with Crippen LogP contribution in [-0.2, 0) is 0 Å². The van der Waals surface area contributed by atoms with Crippen molar-refractivity contribution in [3.05, 3.63) is 12.7 Å². The summed E-state index contributed by atoms with van der Waals surface area (Å²) in [5.74, 6) is 0.727. The SMILES string of the molecule is C=CC1CCCCC1C#N. The van der Waals surface area contributed by atoms with E-state index in [2.05, 4.69) is 12.6 Å². The summed E-state index contributed by atoms with van der Waals surface area (Å²) >= 11 is 0. The molecule has 0 aromatic heterocycles. The lowest BCUT2D eigenvalue weighted by molar-refractivity contribution is 0.345. The Kier molecular flexibility index (Phi) is 2.50. The van der Waals surface area contributed by atoms with Crippen LogP contribution in [0.3, 0.4) is 0 Å². The molecule has 0 radical (unpaired) electrons. The third-order valence-corrected chi connectivity index (χ3v) is 2.29. The standard InChI is InChI=1S/C9H13N/c1-2-8-5-3-4-6-9(8)7-10/h2,8-9H,1,3-6H2. The summed E-state index contributed by atoms with van der Waals surface area (Å²) < 4.78 is 0. The lowest BCUT2D eigenvalue weighted by Gasteiger charge is -2.23. The molecule has 1 saturated carbocycles. The smallest absolute Gasteiger partial charge is 0.0661 e. The van der Waals surface area contributed by atoms with Gasteiger partial charge in [-0.2, -0.15) is 5.26 Å². The van der Waals surface area contributed by atoms with Gasteiger partial charge in [-0.1, -0.05) is 18.9 Å². The van der Waals surface area contributed by atoms with Gasteiger partial charge < -0.3 is 0 Å². The maximum absolute atomic E-state index is 8.69. The first kappa shape index (κ1) is 7.34. The van der Waals surface area contributed by atoms with Crippen LogP contribution in [0.2, 0.25) is 0 Å². The predicted octanol–water partition coefficient (Wildman–Crippen LogP) is 2.50. The molecule has 54 valence electrons. The van der Waals surface area contributed by atoms with Gasteiger partial charge in [0.1, 0.15) is 0 Å². The monoisotopic (exact) mass is 135 g/mol. The van der Waals surface area contributed by atoms with Crippen LogP contribution in [0.15, 0.2) is 12.7 Å². The summed E-state index contributed by atoms with van der Waals surface area (Å²) in [7, 11) is 0. The molecule has 0 spiro atoms. The van der Waals surface area contributed by atoms with Crippen LogP contribution >= 0.6 is 0 Å². The van der Waals surface area contributed by atoms with Gasteiger partial charge in [-0.25, -0.2) is 0 Å². The van der Waals surface area contributed by atoms with Gasteiger partial charge in [-0.15, -0.1) is 6.58 Å². The van der Waals surface area contributed by atoms with Crippen molar-refractivity contribution < 1.29 is 0 Å². The molecule has 0 bridgehead atoms. The van der Waals surface area contributed by atoms with E-state index in [1.54, 1.807) is 0 Å². The van der Waals surface area contributed by atoms with Crippen molar-refractivity contribution in [2.75, 3.05) is 0 Å². The summed E-state index contributed by atoms with van der Waals surface area (Å²) in [6.45, 7) is 3.73. The van der Waals surface area contributed by atoms with Crippen LogP contribution in [0.25, 0.3) is 0 Å². The van der Waals surface area contributed by atoms with E-state index in [4.69, 9.17) is 5.26 Å². The van der Waals surface area contributed by atoms with Crippen molar-refractivity contribution in [1.82, 2.24) is 0 Å². The van der Waals surface area contributed by atoms with E-state index in [0.29, 0.717) is 5.92 Å². The van der Waals surface area contributed by atoms with Gasteiger partial charge in [-0.05, 0) is 18.8 Å². The zero-order valence-corrected chi connectivity index (χ0v) is 6.21. The Morgan fingerprint density at radius 2 is 2.10 bits per heavy atom. The maximum Gasteiger partial charge on any atom is 0.0661 e. The lowest BCUT2D eigenvalue weighted by atomic mass is 9.80. The number of nitrogens with zero attached hydrogens (tertiary/aromatic N) is 1. The number of hydrogen-bond donors (Lipinski definition) is 0. The summed E-state index contributed by atoms with van der Waals surface area (Å²) in [5.41, 5.74) is 0. The molecule has 2 unspecified atom stereocenters. The highest BCUT2D eigenvalue weighted by Crippen LogP contribution is 2.29. The van der Waals surface area contributed by atoms with Crippen LogP contribution in [0.4, 0.5) is 0 Å². The topological polar surface area (TPSA) is 23.8 Å². The van der Waals surface area contributed by atoms with Crippen LogP contribution < -0.4 is 0 Å². The van der Waals surface area contributed by atoms with E-state index in [-0.39, 0.29) is 5.92 Å². The number of allylic oxidation sites excluding steroid dienone is 1. The fourth-order valence-corrected chi connectivity index (χ4v) is 1.60. The number of hydrogen-bond acceptors (Lipinski definition) is 1. The molecule has 1 aliphatic rings. The minimum atomic E-state index is 0.256. The molecule has 0 aromatic carbocycles. The van der Waals surface area contributed by atoms with E-state index in [9.17, 15) is 0 Å². The largest absolute Gasteiger partial charge is 0.198 e. The Bertz CT molecular complexity index is 155. The average molecular weight is 135 g/mol. The van der Waals surface area contributed by atoms with E-state index in [0.717, 1.165) is 6.42 Å². The Labute approximate surface area is 62.4 Å². The molecule has 1 rings (SSSR count). The van der Waals surface area contributed by atoms with Crippen molar-refractivity contribution in [2.45, 2.75) is 25.7 Å². The fourth-order valence-electron chi connectivity index (χ4n) is 1.60. The van der Waals surface area contributed by atoms with Gasteiger partial charge in [-0.3, -0.25) is 0 Å². The van der Waals surface area contributed by atoms with Gasteiger partial charge in [0.2, 0.25) is 0 Å². The third-order valence-electron chi connectivity index (χ3n) is 2.29. The summed E-state index contributed by atoms with van der Waals surface area (Å²) in [5, 5.41) is 8.69. The van der Waals surface area contributed by atoms with Crippen molar-refractivity contribution in [2.24, 2.45) is 11.8 Å². The fraction of sp³-hybridized carbons (Fsp3) is 0.667. The van der Waals surface area contributed by atoms with E-state index < -0.39 is 0 Å². The molecule has 1 aliphatic carbocycles. The first-order valence-corrected chi connectivity index (χ1v) is 3.90. The molecule has 1 heteroatoms. The molecule has 0 aliphatic heterocycles. The van der Waals surface area contributed by atoms with Gasteiger partial charge in [0.05, 0.1) is 12.0 Å². The van der Waals surface area contributed by atoms with Crippen molar-refractivity contribution in [3.8, 4) is 6.07 Å². The minimum Gasteiger partial charge on any atom is -0.198 e. The van der Waals surface area contributed by atoms with Crippen LogP contribution in [-0.4, -0.2) is 0 Å². The summed E-state index contributed by atoms with van der Waals surface area (Å²) in [6, 6.07) is 2.33. The van der Waals surface area contributed by atoms with Gasteiger partial charge in [0.15, 0.2) is 0 Å². The predicted molar refractivity (Wildman–Crippen MR) is 41.3 cm³/mol. The zero-order chi connectivity index (χ0) is 7.40. The molecule has 0 aromatic rings. The number of rotatable bonds is 1. The highest BCUT2D eigenvalue weighted by molar-refractivity contribution is 4.97.